The average Bonchev–Trinajstić information content (AvgIpc) is 2.53. The van der Waals surface area contributed by atoms with E-state index >= 15 is 0 Å². The van der Waals surface area contributed by atoms with E-state index in [1.807, 2.05) is 0 Å². The van der Waals surface area contributed by atoms with E-state index in [0.29, 0.717) is 0 Å². The fourth-order valence-electron chi connectivity index (χ4n) is 2.12. The molecule has 0 aromatic heterocycles. The fraction of sp³-hybridized carbons (Fsp3) is 0.750. The van der Waals surface area contributed by atoms with Crippen molar-refractivity contribution in [2.24, 2.45) is 0 Å². The van der Waals surface area contributed by atoms with Crippen LogP contribution in [0.25, 0.3) is 0 Å². The number of rotatable bonds is 8. The molecule has 0 unspecified atom stereocenters. The number of aliphatic hydroxyl groups excluding tert-OH is 5. The molecule has 0 aliphatic carbocycles. The zero-order valence-corrected chi connectivity index (χ0v) is 15.3. The molecule has 1 saturated heterocycles. The van der Waals surface area contributed by atoms with Crippen molar-refractivity contribution < 1.29 is 78.8 Å². The van der Waals surface area contributed by atoms with E-state index in [4.69, 9.17) is 50.6 Å². The second-order valence-electron chi connectivity index (χ2n) is 5.74. The van der Waals surface area contributed by atoms with Gasteiger partial charge in [-0.25, -0.2) is 9.36 Å². The van der Waals surface area contributed by atoms with Crippen molar-refractivity contribution >= 4 is 25.7 Å². The quantitative estimate of drug-likeness (QED) is 0.156. The second kappa shape index (κ2) is 10.9. The number of aliphatic carboxylic acids is 3. The molecule has 17 heteroatoms. The maximum absolute atomic E-state index is 10.8. The Labute approximate surface area is 161 Å². The number of phosphoric ester groups is 1. The van der Waals surface area contributed by atoms with Crippen LogP contribution < -0.4 is 0 Å². The van der Waals surface area contributed by atoms with Crippen LogP contribution in [0.15, 0.2) is 0 Å². The molecule has 1 aliphatic rings. The Morgan fingerprint density at radius 1 is 0.897 bits per heavy atom. The van der Waals surface area contributed by atoms with Crippen LogP contribution in [0.4, 0.5) is 0 Å². The monoisotopic (exact) mass is 452 g/mol. The molecule has 0 aromatic rings. The number of hydrogen-bond acceptors (Lipinski definition) is 11. The maximum atomic E-state index is 10.8. The van der Waals surface area contributed by atoms with Gasteiger partial charge in [-0.15, -0.1) is 0 Å². The van der Waals surface area contributed by atoms with Gasteiger partial charge in [-0.05, 0) is 0 Å². The van der Waals surface area contributed by atoms with Crippen molar-refractivity contribution in [3.05, 3.63) is 0 Å². The maximum Gasteiger partial charge on any atom is 0.470 e. The van der Waals surface area contributed by atoms with Crippen LogP contribution in [0.3, 0.4) is 0 Å². The normalized spacial score (nSPS) is 27.5. The van der Waals surface area contributed by atoms with E-state index in [1.165, 1.54) is 0 Å². The van der Waals surface area contributed by atoms with Crippen LogP contribution in [0.5, 0.6) is 0 Å². The largest absolute Gasteiger partial charge is 0.481 e. The Kier molecular flexibility index (Phi) is 10.2. The van der Waals surface area contributed by atoms with Crippen LogP contribution in [0.2, 0.25) is 0 Å². The zero-order chi connectivity index (χ0) is 23.2. The third-order valence-electron chi connectivity index (χ3n) is 3.42. The summed E-state index contributed by atoms with van der Waals surface area (Å²) in [5, 5.41) is 70.2. The molecule has 0 bridgehead atoms. The Balaban J connectivity index is 0.000000571. The fourth-order valence-corrected chi connectivity index (χ4v) is 2.78. The second-order valence-corrected chi connectivity index (χ2v) is 6.91. The predicted molar refractivity (Wildman–Crippen MR) is 84.0 cm³/mol. The Hall–Kier alpha value is -1.72. The molecule has 1 rings (SSSR count). The summed E-state index contributed by atoms with van der Waals surface area (Å²) in [6.45, 7) is -0.526. The van der Waals surface area contributed by atoms with Gasteiger partial charge in [-0.3, -0.25) is 14.1 Å². The molecule has 170 valence electrons. The third kappa shape index (κ3) is 8.67. The highest BCUT2D eigenvalue weighted by Gasteiger charge is 2.49. The average molecular weight is 452 g/mol. The SMILES string of the molecule is O=C(O)CC(CC(=O)O)(OP(=O)(O)O)C(=O)O.OC[C@H]1O[C@@H](O)[C@H](O)[C@@H](O)[C@@H]1O. The highest BCUT2D eigenvalue weighted by Crippen LogP contribution is 2.44. The Morgan fingerprint density at radius 2 is 1.34 bits per heavy atom. The summed E-state index contributed by atoms with van der Waals surface area (Å²) in [7, 11) is -5.36. The summed E-state index contributed by atoms with van der Waals surface area (Å²) in [6.07, 6.45) is -9.85. The molecular weight excluding hydrogens is 431 g/mol. The van der Waals surface area contributed by atoms with Gasteiger partial charge in [0.05, 0.1) is 19.4 Å². The highest BCUT2D eigenvalue weighted by molar-refractivity contribution is 7.46. The van der Waals surface area contributed by atoms with Crippen LogP contribution >= 0.6 is 7.82 Å². The van der Waals surface area contributed by atoms with Crippen LogP contribution in [-0.2, 0) is 28.2 Å². The molecule has 0 radical (unpaired) electrons. The first-order chi connectivity index (χ1) is 13.1. The van der Waals surface area contributed by atoms with Crippen molar-refractivity contribution in [1.82, 2.24) is 0 Å². The molecule has 1 heterocycles. The molecule has 16 nitrogen and oxygen atoms in total. The van der Waals surface area contributed by atoms with E-state index in [-0.39, 0.29) is 0 Å². The van der Waals surface area contributed by atoms with Crippen molar-refractivity contribution in [3.8, 4) is 0 Å². The van der Waals surface area contributed by atoms with Gasteiger partial charge in [0.25, 0.3) is 0 Å². The number of hydrogen-bond donors (Lipinski definition) is 10. The predicted octanol–water partition coefficient (Wildman–Crippen LogP) is -4.35. The molecule has 10 N–H and O–H groups in total. The Morgan fingerprint density at radius 3 is 1.66 bits per heavy atom. The highest BCUT2D eigenvalue weighted by atomic mass is 31.2. The van der Waals surface area contributed by atoms with E-state index in [2.05, 4.69) is 9.26 Å². The Bertz CT molecular complexity index is 609. The number of aliphatic hydroxyl groups is 5. The first-order valence-electron chi connectivity index (χ1n) is 7.48. The van der Waals surface area contributed by atoms with Crippen LogP contribution in [0.1, 0.15) is 12.8 Å². The van der Waals surface area contributed by atoms with Gasteiger partial charge in [0.2, 0.25) is 0 Å². The van der Waals surface area contributed by atoms with Gasteiger partial charge in [-0.2, -0.15) is 0 Å². The van der Waals surface area contributed by atoms with Crippen molar-refractivity contribution in [2.75, 3.05) is 6.61 Å². The first-order valence-corrected chi connectivity index (χ1v) is 9.01. The number of phosphoric acid groups is 1. The first kappa shape index (κ1) is 27.3. The standard InChI is InChI=1S/C6H9O10P.C6H12O6/c7-3(8)1-6(5(11)12,2-4(9)10)16-17(13,14)15;7-1-2-3(8)4(9)5(10)6(11)12-2/h1-2H2,(H,7,8)(H,9,10)(H,11,12)(H2,13,14,15);2-11H,1H2/t;2-,3-,4+,5-,6-/m.1/s1. The van der Waals surface area contributed by atoms with E-state index in [1.54, 1.807) is 0 Å². The molecule has 0 amide bonds. The molecule has 29 heavy (non-hydrogen) atoms. The number of ether oxygens (including phenoxy) is 1. The molecule has 1 fully saturated rings. The van der Waals surface area contributed by atoms with Gasteiger partial charge < -0.3 is 55.4 Å². The number of carbonyl (C=O) groups is 3. The lowest BCUT2D eigenvalue weighted by molar-refractivity contribution is -0.286. The van der Waals surface area contributed by atoms with E-state index in [0.717, 1.165) is 0 Å². The van der Waals surface area contributed by atoms with Crippen molar-refractivity contribution in [1.29, 1.82) is 0 Å². The summed E-state index contributed by atoms with van der Waals surface area (Å²) in [4.78, 5) is 48.5. The summed E-state index contributed by atoms with van der Waals surface area (Å²) in [6, 6.07) is 0. The van der Waals surface area contributed by atoms with Gasteiger partial charge in [0, 0.05) is 0 Å². The lowest BCUT2D eigenvalue weighted by atomic mass is 9.96. The summed E-state index contributed by atoms with van der Waals surface area (Å²) in [5.41, 5.74) is -3.02. The summed E-state index contributed by atoms with van der Waals surface area (Å²) >= 11 is 0. The zero-order valence-electron chi connectivity index (χ0n) is 14.4. The van der Waals surface area contributed by atoms with Gasteiger partial charge in [0.15, 0.2) is 11.9 Å². The molecule has 0 spiro atoms. The topological polar surface area (TPSA) is 289 Å². The van der Waals surface area contributed by atoms with Gasteiger partial charge in [0.1, 0.15) is 24.4 Å². The molecular formula is C12H21O16P. The van der Waals surface area contributed by atoms with E-state index < -0.39 is 81.5 Å². The minimum absolute atomic E-state index is 0.526. The lowest BCUT2D eigenvalue weighted by Crippen LogP contribution is -2.58. The lowest BCUT2D eigenvalue weighted by Gasteiger charge is -2.37. The van der Waals surface area contributed by atoms with Gasteiger partial charge in [-0.1, -0.05) is 0 Å². The minimum atomic E-state index is -5.36. The number of carboxylic acid groups (broad SMARTS) is 3. The molecule has 0 aromatic carbocycles. The van der Waals surface area contributed by atoms with Crippen molar-refractivity contribution in [2.45, 2.75) is 49.1 Å². The molecule has 1 aliphatic heterocycles. The number of carboxylic acids is 3. The summed E-state index contributed by atoms with van der Waals surface area (Å²) in [5.74, 6) is -5.64. The van der Waals surface area contributed by atoms with Gasteiger partial charge >= 0.3 is 25.7 Å². The third-order valence-corrected chi connectivity index (χ3v) is 4.01. The summed E-state index contributed by atoms with van der Waals surface area (Å²) < 4.78 is 18.9. The van der Waals surface area contributed by atoms with E-state index in [9.17, 15) is 18.9 Å². The smallest absolute Gasteiger partial charge is 0.470 e. The minimum Gasteiger partial charge on any atom is -0.481 e. The van der Waals surface area contributed by atoms with Crippen molar-refractivity contribution in [3.63, 3.8) is 0 Å². The molecule has 5 atom stereocenters. The van der Waals surface area contributed by atoms with Crippen LogP contribution in [0, 0.1) is 0 Å². The van der Waals surface area contributed by atoms with Crippen LogP contribution in [-0.4, -0.2) is 111 Å². The molecule has 0 saturated carbocycles.